The third-order valence-electron chi connectivity index (χ3n) is 4.12. The van der Waals surface area contributed by atoms with Crippen molar-refractivity contribution in [3.05, 3.63) is 35.4 Å². The van der Waals surface area contributed by atoms with Crippen LogP contribution < -0.4 is 5.73 Å². The summed E-state index contributed by atoms with van der Waals surface area (Å²) in [5, 5.41) is 0. The molecule has 0 radical (unpaired) electrons. The first kappa shape index (κ1) is 13.9. The van der Waals surface area contributed by atoms with Gasteiger partial charge < -0.3 is 5.73 Å². The molecule has 0 aliphatic carbocycles. The highest BCUT2D eigenvalue weighted by Gasteiger charge is 2.34. The molecule has 1 saturated heterocycles. The molecule has 1 aromatic carbocycles. The number of nitrogens with zero attached hydrogens (tertiary/aromatic N) is 1. The fourth-order valence-corrected chi connectivity index (χ4v) is 4.00. The molecule has 0 aromatic heterocycles. The Kier molecular flexibility index (Phi) is 4.71. The van der Waals surface area contributed by atoms with Crippen molar-refractivity contribution >= 4 is 11.8 Å². The SMILES string of the molecule is Cc1cccc(CN(C)C2(CN)CCSCC2)c1. The van der Waals surface area contributed by atoms with E-state index < -0.39 is 0 Å². The van der Waals surface area contributed by atoms with Crippen molar-refractivity contribution in [1.29, 1.82) is 0 Å². The normalized spacial score (nSPS) is 19.1. The standard InChI is InChI=1S/C15H24N2S/c1-13-4-3-5-14(10-13)11-17(2)15(12-16)6-8-18-9-7-15/h3-5,10H,6-9,11-12,16H2,1-2H3. The Hall–Kier alpha value is -0.510. The molecule has 0 amide bonds. The number of likely N-dealkylation sites (N-methyl/N-ethyl adjacent to an activating group) is 1. The number of aryl methyl sites for hydroxylation is 1. The maximum atomic E-state index is 6.07. The molecule has 100 valence electrons. The Labute approximate surface area is 115 Å². The number of nitrogens with two attached hydrogens (primary N) is 1. The molecule has 1 heterocycles. The lowest BCUT2D eigenvalue weighted by molar-refractivity contribution is 0.107. The van der Waals surface area contributed by atoms with Crippen LogP contribution in [0.1, 0.15) is 24.0 Å². The molecule has 0 bridgehead atoms. The Morgan fingerprint density at radius 2 is 2.06 bits per heavy atom. The highest BCUT2D eigenvalue weighted by atomic mass is 32.2. The van der Waals surface area contributed by atoms with E-state index in [1.165, 1.54) is 35.5 Å². The van der Waals surface area contributed by atoms with E-state index in [0.29, 0.717) is 0 Å². The van der Waals surface area contributed by atoms with E-state index in [-0.39, 0.29) is 5.54 Å². The zero-order valence-electron chi connectivity index (χ0n) is 11.5. The lowest BCUT2D eigenvalue weighted by atomic mass is 9.90. The second kappa shape index (κ2) is 6.09. The molecular weight excluding hydrogens is 240 g/mol. The van der Waals surface area contributed by atoms with E-state index in [0.717, 1.165) is 13.1 Å². The van der Waals surface area contributed by atoms with Gasteiger partial charge in [0.1, 0.15) is 0 Å². The number of hydrogen-bond donors (Lipinski definition) is 1. The van der Waals surface area contributed by atoms with Crippen LogP contribution in [0.25, 0.3) is 0 Å². The van der Waals surface area contributed by atoms with Crippen LogP contribution in [0.2, 0.25) is 0 Å². The molecule has 1 aromatic rings. The van der Waals surface area contributed by atoms with Gasteiger partial charge in [0.25, 0.3) is 0 Å². The Morgan fingerprint density at radius 3 is 2.67 bits per heavy atom. The van der Waals surface area contributed by atoms with Gasteiger partial charge in [-0.1, -0.05) is 29.8 Å². The zero-order valence-corrected chi connectivity index (χ0v) is 12.3. The van der Waals surface area contributed by atoms with Crippen LogP contribution in [0.15, 0.2) is 24.3 Å². The number of benzene rings is 1. The van der Waals surface area contributed by atoms with E-state index in [9.17, 15) is 0 Å². The van der Waals surface area contributed by atoms with Gasteiger partial charge in [0.2, 0.25) is 0 Å². The highest BCUT2D eigenvalue weighted by Crippen LogP contribution is 2.31. The Balaban J connectivity index is 2.07. The van der Waals surface area contributed by atoms with E-state index in [4.69, 9.17) is 5.73 Å². The Morgan fingerprint density at radius 1 is 1.33 bits per heavy atom. The van der Waals surface area contributed by atoms with Crippen molar-refractivity contribution in [1.82, 2.24) is 4.90 Å². The molecule has 1 fully saturated rings. The summed E-state index contributed by atoms with van der Waals surface area (Å²) in [4.78, 5) is 2.47. The van der Waals surface area contributed by atoms with Gasteiger partial charge in [-0.3, -0.25) is 4.90 Å². The summed E-state index contributed by atoms with van der Waals surface area (Å²) < 4.78 is 0. The molecule has 0 atom stereocenters. The van der Waals surface area contributed by atoms with Gasteiger partial charge in [-0.15, -0.1) is 0 Å². The zero-order chi connectivity index (χ0) is 13.0. The first-order valence-corrected chi connectivity index (χ1v) is 7.86. The number of hydrogen-bond acceptors (Lipinski definition) is 3. The van der Waals surface area contributed by atoms with Crippen molar-refractivity contribution in [3.8, 4) is 0 Å². The molecule has 1 aliphatic rings. The van der Waals surface area contributed by atoms with Gasteiger partial charge >= 0.3 is 0 Å². The molecule has 2 rings (SSSR count). The van der Waals surface area contributed by atoms with Crippen molar-refractivity contribution in [2.45, 2.75) is 31.8 Å². The van der Waals surface area contributed by atoms with E-state index in [2.05, 4.69) is 54.9 Å². The van der Waals surface area contributed by atoms with Crippen molar-refractivity contribution in [2.75, 3.05) is 25.1 Å². The maximum absolute atomic E-state index is 6.07. The summed E-state index contributed by atoms with van der Waals surface area (Å²) in [7, 11) is 2.23. The summed E-state index contributed by atoms with van der Waals surface area (Å²) in [5.41, 5.74) is 9.02. The first-order valence-electron chi connectivity index (χ1n) is 6.71. The number of rotatable bonds is 4. The van der Waals surface area contributed by atoms with Crippen LogP contribution in [0, 0.1) is 6.92 Å². The second-order valence-corrected chi connectivity index (χ2v) is 6.61. The highest BCUT2D eigenvalue weighted by molar-refractivity contribution is 7.99. The van der Waals surface area contributed by atoms with Gasteiger partial charge in [-0.05, 0) is 43.9 Å². The average Bonchev–Trinajstić information content (AvgIpc) is 2.39. The van der Waals surface area contributed by atoms with Crippen LogP contribution in [0.5, 0.6) is 0 Å². The molecular formula is C15H24N2S. The van der Waals surface area contributed by atoms with Gasteiger partial charge in [-0.25, -0.2) is 0 Å². The average molecular weight is 264 g/mol. The summed E-state index contributed by atoms with van der Waals surface area (Å²) in [5.74, 6) is 2.49. The van der Waals surface area contributed by atoms with Gasteiger partial charge in [-0.2, -0.15) is 11.8 Å². The molecule has 18 heavy (non-hydrogen) atoms. The van der Waals surface area contributed by atoms with Crippen LogP contribution in [-0.4, -0.2) is 35.5 Å². The molecule has 1 aliphatic heterocycles. The van der Waals surface area contributed by atoms with Gasteiger partial charge in [0.05, 0.1) is 0 Å². The summed E-state index contributed by atoms with van der Waals surface area (Å²) in [6.45, 7) is 3.93. The molecule has 2 nitrogen and oxygen atoms in total. The summed E-state index contributed by atoms with van der Waals surface area (Å²) in [6, 6.07) is 8.79. The second-order valence-electron chi connectivity index (χ2n) is 5.39. The molecule has 0 unspecified atom stereocenters. The summed E-state index contributed by atoms with van der Waals surface area (Å²) in [6.07, 6.45) is 2.44. The predicted octanol–water partition coefficient (Wildman–Crippen LogP) is 2.65. The first-order chi connectivity index (χ1) is 8.66. The van der Waals surface area contributed by atoms with Gasteiger partial charge in [0, 0.05) is 18.6 Å². The van der Waals surface area contributed by atoms with Crippen LogP contribution >= 0.6 is 11.8 Å². The third kappa shape index (κ3) is 3.08. The topological polar surface area (TPSA) is 29.3 Å². The molecule has 2 N–H and O–H groups in total. The number of thioether (sulfide) groups is 1. The van der Waals surface area contributed by atoms with Crippen molar-refractivity contribution < 1.29 is 0 Å². The van der Waals surface area contributed by atoms with E-state index in [1.807, 2.05) is 0 Å². The minimum Gasteiger partial charge on any atom is -0.329 e. The predicted molar refractivity (Wildman–Crippen MR) is 81.0 cm³/mol. The van der Waals surface area contributed by atoms with Crippen LogP contribution in [-0.2, 0) is 6.54 Å². The van der Waals surface area contributed by atoms with Crippen LogP contribution in [0.4, 0.5) is 0 Å². The fraction of sp³-hybridized carbons (Fsp3) is 0.600. The minimum atomic E-state index is 0.217. The molecule has 3 heteroatoms. The van der Waals surface area contributed by atoms with Crippen molar-refractivity contribution in [3.63, 3.8) is 0 Å². The third-order valence-corrected chi connectivity index (χ3v) is 5.10. The largest absolute Gasteiger partial charge is 0.329 e. The van der Waals surface area contributed by atoms with Crippen LogP contribution in [0.3, 0.4) is 0 Å². The smallest absolute Gasteiger partial charge is 0.0347 e. The van der Waals surface area contributed by atoms with Crippen molar-refractivity contribution in [2.24, 2.45) is 5.73 Å². The van der Waals surface area contributed by atoms with E-state index in [1.54, 1.807) is 0 Å². The fourth-order valence-electron chi connectivity index (χ4n) is 2.75. The maximum Gasteiger partial charge on any atom is 0.0347 e. The van der Waals surface area contributed by atoms with E-state index >= 15 is 0 Å². The lowest BCUT2D eigenvalue weighted by Crippen LogP contribution is -2.53. The quantitative estimate of drug-likeness (QED) is 0.906. The lowest BCUT2D eigenvalue weighted by Gasteiger charge is -2.44. The monoisotopic (exact) mass is 264 g/mol. The molecule has 0 spiro atoms. The van der Waals surface area contributed by atoms with Gasteiger partial charge in [0.15, 0.2) is 0 Å². The Bertz CT molecular complexity index is 386. The summed E-state index contributed by atoms with van der Waals surface area (Å²) >= 11 is 2.06. The minimum absolute atomic E-state index is 0.217. The molecule has 0 saturated carbocycles.